The minimum Gasteiger partial charge on any atom is -0.481 e. The molecule has 1 saturated carbocycles. The molecule has 0 unspecified atom stereocenters. The van der Waals surface area contributed by atoms with E-state index in [-0.39, 0.29) is 6.42 Å². The van der Waals surface area contributed by atoms with E-state index in [1.807, 2.05) is 24.3 Å². The zero-order valence-corrected chi connectivity index (χ0v) is 12.7. The molecule has 0 atom stereocenters. The van der Waals surface area contributed by atoms with Crippen LogP contribution in [0.3, 0.4) is 0 Å². The monoisotopic (exact) mass is 305 g/mol. The predicted molar refractivity (Wildman–Crippen MR) is 81.6 cm³/mol. The highest BCUT2D eigenvalue weighted by Crippen LogP contribution is 2.42. The van der Waals surface area contributed by atoms with Gasteiger partial charge >= 0.3 is 5.97 Å². The Bertz CT molecular complexity index is 518. The van der Waals surface area contributed by atoms with Crippen LogP contribution in [0.2, 0.25) is 0 Å². The number of aryl methyl sites for hydroxylation is 2. The molecule has 0 spiro atoms. The Morgan fingerprint density at radius 1 is 1.05 bits per heavy atom. The summed E-state index contributed by atoms with van der Waals surface area (Å²) in [7, 11) is 0. The van der Waals surface area contributed by atoms with E-state index in [1.165, 1.54) is 0 Å². The van der Waals surface area contributed by atoms with E-state index < -0.39 is 17.3 Å². The summed E-state index contributed by atoms with van der Waals surface area (Å²) in [5.74, 6) is -1.05. The second-order valence-corrected chi connectivity index (χ2v) is 6.14. The molecule has 0 bridgehead atoms. The van der Waals surface area contributed by atoms with Crippen molar-refractivity contribution >= 4 is 11.9 Å². The van der Waals surface area contributed by atoms with Crippen LogP contribution < -0.4 is 5.48 Å². The fourth-order valence-electron chi connectivity index (χ4n) is 3.19. The van der Waals surface area contributed by atoms with Gasteiger partial charge in [0.25, 0.3) is 0 Å². The van der Waals surface area contributed by atoms with Gasteiger partial charge in [-0.25, -0.2) is 5.48 Å². The maximum absolute atomic E-state index is 11.5. The number of hydrogen-bond acceptors (Lipinski definition) is 3. The third kappa shape index (κ3) is 4.07. The van der Waals surface area contributed by atoms with Crippen molar-refractivity contribution in [1.82, 2.24) is 5.48 Å². The fraction of sp³-hybridized carbons (Fsp3) is 0.529. The number of carboxylic acid groups (broad SMARTS) is 1. The first-order valence-corrected chi connectivity index (χ1v) is 7.80. The maximum atomic E-state index is 11.5. The second-order valence-electron chi connectivity index (χ2n) is 6.14. The number of carbonyl (C=O) groups is 2. The van der Waals surface area contributed by atoms with E-state index in [4.69, 9.17) is 5.21 Å². The van der Waals surface area contributed by atoms with Crippen molar-refractivity contribution < 1.29 is 19.9 Å². The highest BCUT2D eigenvalue weighted by Gasteiger charge is 2.40. The molecule has 5 nitrogen and oxygen atoms in total. The summed E-state index contributed by atoms with van der Waals surface area (Å²) in [6.07, 6.45) is 5.88. The van der Waals surface area contributed by atoms with Gasteiger partial charge in [0.05, 0.1) is 5.41 Å². The van der Waals surface area contributed by atoms with Crippen LogP contribution in [0.25, 0.3) is 0 Å². The minimum atomic E-state index is -0.656. The fourth-order valence-corrected chi connectivity index (χ4v) is 3.19. The van der Waals surface area contributed by atoms with Crippen molar-refractivity contribution in [1.29, 1.82) is 0 Å². The summed E-state index contributed by atoms with van der Waals surface area (Å²) in [6, 6.07) is 7.91. The molecule has 0 aromatic heterocycles. The van der Waals surface area contributed by atoms with Crippen LogP contribution in [0.15, 0.2) is 24.3 Å². The minimum absolute atomic E-state index is 0.248. The molecule has 1 aliphatic carbocycles. The molecule has 1 amide bonds. The number of aliphatic carboxylic acids is 1. The summed E-state index contributed by atoms with van der Waals surface area (Å²) in [5, 5.41) is 17.9. The Labute approximate surface area is 130 Å². The highest BCUT2D eigenvalue weighted by atomic mass is 16.5. The number of carboxylic acids is 1. The zero-order chi connectivity index (χ0) is 16.0. The van der Waals surface area contributed by atoms with Crippen LogP contribution in [0.4, 0.5) is 0 Å². The first kappa shape index (κ1) is 16.5. The zero-order valence-electron chi connectivity index (χ0n) is 12.7. The highest BCUT2D eigenvalue weighted by molar-refractivity contribution is 5.75. The summed E-state index contributed by atoms with van der Waals surface area (Å²) in [6.45, 7) is 0. The van der Waals surface area contributed by atoms with Crippen molar-refractivity contribution in [3.63, 3.8) is 0 Å². The molecule has 120 valence electrons. The van der Waals surface area contributed by atoms with Crippen LogP contribution in [0.5, 0.6) is 0 Å². The molecule has 3 N–H and O–H groups in total. The van der Waals surface area contributed by atoms with E-state index in [1.54, 1.807) is 5.48 Å². The first-order valence-electron chi connectivity index (χ1n) is 7.80. The van der Waals surface area contributed by atoms with E-state index in [2.05, 4.69) is 0 Å². The topological polar surface area (TPSA) is 86.6 Å². The lowest BCUT2D eigenvalue weighted by Crippen LogP contribution is -2.28. The Hall–Kier alpha value is -1.88. The van der Waals surface area contributed by atoms with E-state index >= 15 is 0 Å². The average Bonchev–Trinajstić information content (AvgIpc) is 3.02. The van der Waals surface area contributed by atoms with Crippen molar-refractivity contribution in [2.75, 3.05) is 0 Å². The van der Waals surface area contributed by atoms with E-state index in [0.29, 0.717) is 12.8 Å². The van der Waals surface area contributed by atoms with Gasteiger partial charge in [-0.3, -0.25) is 14.8 Å². The molecule has 0 saturated heterocycles. The number of rotatable bonds is 7. The molecule has 1 fully saturated rings. The van der Waals surface area contributed by atoms with E-state index in [0.717, 1.165) is 43.2 Å². The number of amides is 1. The Morgan fingerprint density at radius 2 is 1.59 bits per heavy atom. The molecular weight excluding hydrogens is 282 g/mol. The van der Waals surface area contributed by atoms with Gasteiger partial charge in [-0.1, -0.05) is 37.1 Å². The summed E-state index contributed by atoms with van der Waals surface area (Å²) in [5.41, 5.74) is 3.24. The smallest absolute Gasteiger partial charge is 0.309 e. The molecule has 1 aromatic rings. The van der Waals surface area contributed by atoms with Crippen LogP contribution in [-0.2, 0) is 22.4 Å². The predicted octanol–water partition coefficient (Wildman–Crippen LogP) is 2.70. The lowest BCUT2D eigenvalue weighted by atomic mass is 9.80. The number of carbonyl (C=O) groups excluding carboxylic acids is 1. The van der Waals surface area contributed by atoms with Crippen molar-refractivity contribution in [3.05, 3.63) is 35.4 Å². The van der Waals surface area contributed by atoms with Crippen molar-refractivity contribution in [2.45, 2.75) is 51.4 Å². The van der Waals surface area contributed by atoms with Crippen LogP contribution in [-0.4, -0.2) is 22.2 Å². The molecule has 0 radical (unpaired) electrons. The van der Waals surface area contributed by atoms with Crippen LogP contribution >= 0.6 is 0 Å². The van der Waals surface area contributed by atoms with Crippen LogP contribution in [0, 0.1) is 5.41 Å². The Balaban J connectivity index is 1.88. The third-order valence-corrected chi connectivity index (χ3v) is 4.69. The molecule has 5 heteroatoms. The summed E-state index contributed by atoms with van der Waals surface area (Å²) >= 11 is 0. The molecular formula is C17H23NO4. The molecule has 22 heavy (non-hydrogen) atoms. The first-order chi connectivity index (χ1) is 10.6. The quantitative estimate of drug-likeness (QED) is 0.534. The van der Waals surface area contributed by atoms with Gasteiger partial charge in [0.2, 0.25) is 5.91 Å². The molecule has 0 aliphatic heterocycles. The Kier molecular flexibility index (Phi) is 5.55. The van der Waals surface area contributed by atoms with Gasteiger partial charge in [0.1, 0.15) is 0 Å². The number of nitrogens with one attached hydrogen (secondary N) is 1. The second kappa shape index (κ2) is 7.40. The third-order valence-electron chi connectivity index (χ3n) is 4.69. The van der Waals surface area contributed by atoms with Gasteiger partial charge in [-0.05, 0) is 43.2 Å². The van der Waals surface area contributed by atoms with Gasteiger partial charge < -0.3 is 5.11 Å². The molecule has 1 aliphatic rings. The lowest BCUT2D eigenvalue weighted by Gasteiger charge is -2.23. The van der Waals surface area contributed by atoms with Gasteiger partial charge in [0, 0.05) is 6.42 Å². The lowest BCUT2D eigenvalue weighted by molar-refractivity contribution is -0.149. The Morgan fingerprint density at radius 3 is 2.09 bits per heavy atom. The van der Waals surface area contributed by atoms with Gasteiger partial charge in [0.15, 0.2) is 0 Å². The van der Waals surface area contributed by atoms with Crippen LogP contribution in [0.1, 0.15) is 49.7 Å². The number of hydrogen-bond donors (Lipinski definition) is 3. The van der Waals surface area contributed by atoms with Crippen molar-refractivity contribution in [3.8, 4) is 0 Å². The summed E-state index contributed by atoms with van der Waals surface area (Å²) in [4.78, 5) is 22.5. The van der Waals surface area contributed by atoms with Crippen molar-refractivity contribution in [2.24, 2.45) is 5.41 Å². The normalized spacial score (nSPS) is 16.4. The van der Waals surface area contributed by atoms with Gasteiger partial charge in [-0.2, -0.15) is 0 Å². The largest absolute Gasteiger partial charge is 0.481 e. The molecule has 1 aromatic carbocycles. The standard InChI is InChI=1S/C17H23NO4/c19-15(18-22)8-7-13-3-5-14(6-4-13)9-12-17(16(20)21)10-1-2-11-17/h3-6,22H,1-2,7-12H2,(H,18,19)(H,20,21). The molecule has 0 heterocycles. The molecule has 2 rings (SSSR count). The summed E-state index contributed by atoms with van der Waals surface area (Å²) < 4.78 is 0. The number of hydroxylamine groups is 1. The maximum Gasteiger partial charge on any atom is 0.309 e. The number of benzene rings is 1. The van der Waals surface area contributed by atoms with Gasteiger partial charge in [-0.15, -0.1) is 0 Å². The van der Waals surface area contributed by atoms with E-state index in [9.17, 15) is 14.7 Å². The SMILES string of the molecule is O=C(CCc1ccc(CCC2(C(=O)O)CCCC2)cc1)NO. The average molecular weight is 305 g/mol.